The van der Waals surface area contributed by atoms with Gasteiger partial charge in [-0.05, 0) is 39.7 Å². The minimum atomic E-state index is -4.46. The molecule has 0 aliphatic carbocycles. The molecule has 0 aromatic carbocycles. The summed E-state index contributed by atoms with van der Waals surface area (Å²) in [5.41, 5.74) is 0.909. The highest BCUT2D eigenvalue weighted by atomic mass is 35.5. The van der Waals surface area contributed by atoms with Gasteiger partial charge in [-0.25, -0.2) is 0 Å². The normalized spacial score (nSPS) is 13.0. The molecule has 0 bridgehead atoms. The van der Waals surface area contributed by atoms with Crippen molar-refractivity contribution in [3.8, 4) is 0 Å². The van der Waals surface area contributed by atoms with E-state index in [9.17, 15) is 18.0 Å². The Morgan fingerprint density at radius 1 is 1.30 bits per heavy atom. The van der Waals surface area contributed by atoms with Crippen LogP contribution in [0.3, 0.4) is 0 Å². The van der Waals surface area contributed by atoms with Crippen LogP contribution in [0.1, 0.15) is 48.6 Å². The van der Waals surface area contributed by atoms with E-state index in [1.165, 1.54) is 4.68 Å². The Balaban J connectivity index is 1.92. The molecule has 2 heterocycles. The van der Waals surface area contributed by atoms with Crippen molar-refractivity contribution in [3.05, 3.63) is 33.9 Å². The number of rotatable bonds is 7. The van der Waals surface area contributed by atoms with E-state index < -0.39 is 17.9 Å². The Kier molecular flexibility index (Phi) is 6.56. The molecular weight excluding hydrogens is 383 g/mol. The summed E-state index contributed by atoms with van der Waals surface area (Å²) in [6.45, 7) is 7.63. The summed E-state index contributed by atoms with van der Waals surface area (Å²) < 4.78 is 40.9. The van der Waals surface area contributed by atoms with Gasteiger partial charge >= 0.3 is 6.18 Å². The summed E-state index contributed by atoms with van der Waals surface area (Å²) in [5, 5.41) is 11.2. The zero-order valence-corrected chi connectivity index (χ0v) is 16.4. The number of amides is 1. The van der Waals surface area contributed by atoms with Crippen molar-refractivity contribution >= 4 is 17.5 Å². The molecule has 1 atom stereocenters. The number of nitrogens with one attached hydrogen (secondary N) is 1. The van der Waals surface area contributed by atoms with E-state index >= 15 is 0 Å². The van der Waals surface area contributed by atoms with Gasteiger partial charge in [-0.2, -0.15) is 23.4 Å². The van der Waals surface area contributed by atoms with Gasteiger partial charge in [-0.15, -0.1) is 0 Å². The second kappa shape index (κ2) is 8.33. The lowest BCUT2D eigenvalue weighted by molar-refractivity contribution is -0.141. The third-order valence-corrected chi connectivity index (χ3v) is 4.89. The van der Waals surface area contributed by atoms with Crippen LogP contribution in [0.5, 0.6) is 0 Å². The van der Waals surface area contributed by atoms with E-state index in [0.717, 1.165) is 11.8 Å². The Labute approximate surface area is 160 Å². The average Bonchev–Trinajstić information content (AvgIpc) is 3.08. The standard InChI is InChI=1S/C17H23ClF3N5O/c1-5-13(26-12(4)15(18)11(3)23-26)16(27)22-7-6-8-25-10(2)9-14(24-25)17(19,20)21/h9,13H,5-8H2,1-4H3,(H,22,27). The fourth-order valence-corrected chi connectivity index (χ4v) is 2.97. The van der Waals surface area contributed by atoms with Gasteiger partial charge < -0.3 is 5.32 Å². The molecule has 0 saturated heterocycles. The minimum absolute atomic E-state index is 0.201. The maximum atomic E-state index is 12.7. The summed E-state index contributed by atoms with van der Waals surface area (Å²) in [5.74, 6) is -0.201. The highest BCUT2D eigenvalue weighted by molar-refractivity contribution is 6.31. The Hall–Kier alpha value is -2.03. The third kappa shape index (κ3) is 4.82. The van der Waals surface area contributed by atoms with Crippen LogP contribution in [0.15, 0.2) is 6.07 Å². The molecule has 2 aromatic heterocycles. The Morgan fingerprint density at radius 2 is 1.96 bits per heavy atom. The van der Waals surface area contributed by atoms with Gasteiger partial charge in [0.05, 0.1) is 16.4 Å². The lowest BCUT2D eigenvalue weighted by atomic mass is 10.2. The SMILES string of the molecule is CCC(C(=O)NCCCn1nc(C(F)(F)F)cc1C)n1nc(C)c(Cl)c1C. The van der Waals surface area contributed by atoms with Gasteiger partial charge in [0.15, 0.2) is 5.69 Å². The monoisotopic (exact) mass is 405 g/mol. The first-order chi connectivity index (χ1) is 12.6. The molecule has 1 amide bonds. The number of aryl methyl sites for hydroxylation is 3. The van der Waals surface area contributed by atoms with Crippen LogP contribution in [-0.4, -0.2) is 32.0 Å². The number of alkyl halides is 3. The van der Waals surface area contributed by atoms with Gasteiger partial charge in [-0.1, -0.05) is 18.5 Å². The van der Waals surface area contributed by atoms with Crippen molar-refractivity contribution in [2.75, 3.05) is 6.54 Å². The van der Waals surface area contributed by atoms with Crippen LogP contribution < -0.4 is 5.32 Å². The second-order valence-electron chi connectivity index (χ2n) is 6.39. The van der Waals surface area contributed by atoms with Crippen molar-refractivity contribution in [2.24, 2.45) is 0 Å². The molecule has 150 valence electrons. The molecule has 10 heteroatoms. The van der Waals surface area contributed by atoms with Crippen molar-refractivity contribution < 1.29 is 18.0 Å². The number of aromatic nitrogens is 4. The molecule has 2 aromatic rings. The molecule has 0 fully saturated rings. The fourth-order valence-electron chi connectivity index (χ4n) is 2.85. The summed E-state index contributed by atoms with van der Waals surface area (Å²) in [4.78, 5) is 12.5. The first-order valence-corrected chi connectivity index (χ1v) is 9.04. The zero-order chi connectivity index (χ0) is 20.4. The number of nitrogens with zero attached hydrogens (tertiary/aromatic N) is 4. The van der Waals surface area contributed by atoms with E-state index in [4.69, 9.17) is 11.6 Å². The lowest BCUT2D eigenvalue weighted by Crippen LogP contribution is -2.34. The summed E-state index contributed by atoms with van der Waals surface area (Å²) >= 11 is 6.14. The first-order valence-electron chi connectivity index (χ1n) is 8.66. The molecule has 0 radical (unpaired) electrons. The van der Waals surface area contributed by atoms with Crippen molar-refractivity contribution in [2.45, 2.75) is 59.3 Å². The largest absolute Gasteiger partial charge is 0.435 e. The third-order valence-electron chi connectivity index (χ3n) is 4.34. The quantitative estimate of drug-likeness (QED) is 0.712. The molecule has 6 nitrogen and oxygen atoms in total. The van der Waals surface area contributed by atoms with Crippen LogP contribution in [0.2, 0.25) is 5.02 Å². The number of carbonyl (C=O) groups is 1. The minimum Gasteiger partial charge on any atom is -0.354 e. The highest BCUT2D eigenvalue weighted by Crippen LogP contribution is 2.28. The summed E-state index contributed by atoms with van der Waals surface area (Å²) in [7, 11) is 0. The van der Waals surface area contributed by atoms with E-state index in [-0.39, 0.29) is 12.5 Å². The maximum absolute atomic E-state index is 12.7. The van der Waals surface area contributed by atoms with Gasteiger partial charge in [0.25, 0.3) is 0 Å². The molecule has 0 aliphatic heterocycles. The number of hydrogen-bond acceptors (Lipinski definition) is 3. The zero-order valence-electron chi connectivity index (χ0n) is 15.7. The van der Waals surface area contributed by atoms with E-state index in [1.54, 1.807) is 25.5 Å². The first kappa shape index (κ1) is 21.3. The topological polar surface area (TPSA) is 64.7 Å². The number of carbonyl (C=O) groups excluding carboxylic acids is 1. The molecule has 0 spiro atoms. The van der Waals surface area contributed by atoms with E-state index in [1.807, 2.05) is 6.92 Å². The summed E-state index contributed by atoms with van der Waals surface area (Å²) in [6, 6.07) is 0.526. The van der Waals surface area contributed by atoms with Gasteiger partial charge in [0, 0.05) is 18.8 Å². The molecule has 0 aliphatic rings. The molecule has 1 unspecified atom stereocenters. The van der Waals surface area contributed by atoms with Gasteiger partial charge in [0.1, 0.15) is 6.04 Å². The van der Waals surface area contributed by atoms with Gasteiger partial charge in [-0.3, -0.25) is 14.2 Å². The Morgan fingerprint density at radius 3 is 2.44 bits per heavy atom. The van der Waals surface area contributed by atoms with Crippen LogP contribution >= 0.6 is 11.6 Å². The number of hydrogen-bond donors (Lipinski definition) is 1. The van der Waals surface area contributed by atoms with Crippen molar-refractivity contribution in [3.63, 3.8) is 0 Å². The Bertz CT molecular complexity index is 812. The van der Waals surface area contributed by atoms with Crippen molar-refractivity contribution in [1.29, 1.82) is 0 Å². The van der Waals surface area contributed by atoms with E-state index in [2.05, 4.69) is 15.5 Å². The number of halogens is 4. The summed E-state index contributed by atoms with van der Waals surface area (Å²) in [6.07, 6.45) is -3.46. The molecular formula is C17H23ClF3N5O. The second-order valence-corrected chi connectivity index (χ2v) is 6.77. The van der Waals surface area contributed by atoms with Crippen LogP contribution in [-0.2, 0) is 17.5 Å². The smallest absolute Gasteiger partial charge is 0.354 e. The molecule has 1 N–H and O–H groups in total. The predicted octanol–water partition coefficient (Wildman–Crippen LogP) is 3.83. The molecule has 0 saturated carbocycles. The molecule has 2 rings (SSSR count). The highest BCUT2D eigenvalue weighted by Gasteiger charge is 2.34. The van der Waals surface area contributed by atoms with Crippen LogP contribution in [0.25, 0.3) is 0 Å². The predicted molar refractivity (Wildman–Crippen MR) is 95.6 cm³/mol. The van der Waals surface area contributed by atoms with E-state index in [0.29, 0.717) is 35.8 Å². The average molecular weight is 406 g/mol. The van der Waals surface area contributed by atoms with Crippen molar-refractivity contribution in [1.82, 2.24) is 24.9 Å². The molecule has 27 heavy (non-hydrogen) atoms. The van der Waals surface area contributed by atoms with Crippen LogP contribution in [0.4, 0.5) is 13.2 Å². The van der Waals surface area contributed by atoms with Gasteiger partial charge in [0.2, 0.25) is 5.91 Å². The van der Waals surface area contributed by atoms with Crippen LogP contribution in [0, 0.1) is 20.8 Å². The fraction of sp³-hybridized carbons (Fsp3) is 0.588. The maximum Gasteiger partial charge on any atom is 0.435 e. The lowest BCUT2D eigenvalue weighted by Gasteiger charge is -2.17.